The van der Waals surface area contributed by atoms with Crippen LogP contribution in [0.15, 0.2) is 18.3 Å². The second kappa shape index (κ2) is 5.48. The van der Waals surface area contributed by atoms with Crippen molar-refractivity contribution in [3.05, 3.63) is 23.9 Å². The van der Waals surface area contributed by atoms with Gasteiger partial charge in [-0.15, -0.1) is 11.6 Å². The van der Waals surface area contributed by atoms with Gasteiger partial charge in [0.2, 0.25) is 0 Å². The van der Waals surface area contributed by atoms with Crippen molar-refractivity contribution in [3.8, 4) is 0 Å². The van der Waals surface area contributed by atoms with Crippen LogP contribution in [-0.4, -0.2) is 16.4 Å². The fraction of sp³-hybridized carbons (Fsp3) is 0.667. The average Bonchev–Trinajstić information content (AvgIpc) is 2.32. The number of rotatable bonds is 2. The van der Waals surface area contributed by atoms with Crippen LogP contribution in [0.2, 0.25) is 0 Å². The second-order valence-electron chi connectivity index (χ2n) is 6.23. The number of halogens is 1. The summed E-state index contributed by atoms with van der Waals surface area (Å²) in [5.74, 6) is 0.945. The number of pyridine rings is 1. The van der Waals surface area contributed by atoms with E-state index >= 15 is 0 Å². The molecule has 1 aromatic heterocycles. The van der Waals surface area contributed by atoms with Gasteiger partial charge in [0.1, 0.15) is 5.82 Å². The van der Waals surface area contributed by atoms with Gasteiger partial charge in [-0.3, -0.25) is 0 Å². The van der Waals surface area contributed by atoms with E-state index < -0.39 is 0 Å². The Kier molecular flexibility index (Phi) is 4.16. The zero-order chi connectivity index (χ0) is 13.2. The van der Waals surface area contributed by atoms with Crippen molar-refractivity contribution in [1.29, 1.82) is 0 Å². The van der Waals surface area contributed by atoms with Crippen molar-refractivity contribution in [1.82, 2.24) is 4.98 Å². The highest BCUT2D eigenvalue weighted by molar-refractivity contribution is 6.21. The maximum Gasteiger partial charge on any atom is 0.126 e. The molecule has 3 heteroatoms. The van der Waals surface area contributed by atoms with Crippen molar-refractivity contribution < 1.29 is 0 Å². The summed E-state index contributed by atoms with van der Waals surface area (Å²) in [5.41, 5.74) is 1.42. The first-order chi connectivity index (χ1) is 8.47. The fourth-order valence-electron chi connectivity index (χ4n) is 2.36. The van der Waals surface area contributed by atoms with E-state index in [0.717, 1.165) is 18.7 Å². The predicted octanol–water partition coefficient (Wildman–Crippen LogP) is 4.34. The van der Waals surface area contributed by atoms with E-state index in [-0.39, 0.29) is 10.8 Å². The minimum atomic E-state index is 0.158. The number of nitrogens with zero attached hydrogens (tertiary/aromatic N) is 1. The predicted molar refractivity (Wildman–Crippen MR) is 78.5 cm³/mol. The van der Waals surface area contributed by atoms with Crippen molar-refractivity contribution >= 4 is 17.4 Å². The second-order valence-corrected chi connectivity index (χ2v) is 6.79. The molecule has 0 aliphatic heterocycles. The minimum absolute atomic E-state index is 0.158. The molecule has 1 saturated carbocycles. The van der Waals surface area contributed by atoms with E-state index in [1.807, 2.05) is 6.20 Å². The maximum absolute atomic E-state index is 6.35. The van der Waals surface area contributed by atoms with Gasteiger partial charge in [0, 0.05) is 12.2 Å². The molecule has 100 valence electrons. The van der Waals surface area contributed by atoms with Gasteiger partial charge >= 0.3 is 0 Å². The SMILES string of the molecule is CC(C)(C)c1ccc(NC2CCCCC2Cl)nc1. The normalized spacial score (nSPS) is 24.9. The van der Waals surface area contributed by atoms with Gasteiger partial charge in [-0.25, -0.2) is 4.98 Å². The zero-order valence-electron chi connectivity index (χ0n) is 11.5. The van der Waals surface area contributed by atoms with Crippen LogP contribution in [0.5, 0.6) is 0 Å². The van der Waals surface area contributed by atoms with E-state index in [0.29, 0.717) is 6.04 Å². The highest BCUT2D eigenvalue weighted by atomic mass is 35.5. The van der Waals surface area contributed by atoms with Crippen LogP contribution in [-0.2, 0) is 5.41 Å². The van der Waals surface area contributed by atoms with Gasteiger partial charge in [-0.1, -0.05) is 39.7 Å². The monoisotopic (exact) mass is 266 g/mol. The lowest BCUT2D eigenvalue weighted by molar-refractivity contribution is 0.468. The molecule has 2 atom stereocenters. The smallest absolute Gasteiger partial charge is 0.126 e. The quantitative estimate of drug-likeness (QED) is 0.806. The molecule has 0 aromatic carbocycles. The van der Waals surface area contributed by atoms with E-state index in [2.05, 4.69) is 43.2 Å². The van der Waals surface area contributed by atoms with Crippen LogP contribution in [0.4, 0.5) is 5.82 Å². The molecule has 2 nitrogen and oxygen atoms in total. The van der Waals surface area contributed by atoms with Crippen LogP contribution in [0.25, 0.3) is 0 Å². The standard InChI is InChI=1S/C15H23ClN2/c1-15(2,3)11-8-9-14(17-10-11)18-13-7-5-4-6-12(13)16/h8-10,12-13H,4-7H2,1-3H3,(H,17,18). The van der Waals surface area contributed by atoms with Crippen molar-refractivity contribution in [3.63, 3.8) is 0 Å². The number of hydrogen-bond donors (Lipinski definition) is 1. The molecule has 2 unspecified atom stereocenters. The molecule has 1 fully saturated rings. The first-order valence-electron chi connectivity index (χ1n) is 6.84. The largest absolute Gasteiger partial charge is 0.366 e. The summed E-state index contributed by atoms with van der Waals surface area (Å²) < 4.78 is 0. The van der Waals surface area contributed by atoms with Crippen LogP contribution < -0.4 is 5.32 Å². The Labute approximate surface area is 115 Å². The van der Waals surface area contributed by atoms with Gasteiger partial charge in [0.15, 0.2) is 0 Å². The van der Waals surface area contributed by atoms with Gasteiger partial charge < -0.3 is 5.32 Å². The van der Waals surface area contributed by atoms with Gasteiger partial charge in [-0.05, 0) is 29.9 Å². The molecular weight excluding hydrogens is 244 g/mol. The summed E-state index contributed by atoms with van der Waals surface area (Å²) in [6, 6.07) is 4.59. The first-order valence-corrected chi connectivity index (χ1v) is 7.27. The lowest BCUT2D eigenvalue weighted by atomic mass is 9.88. The molecule has 0 bridgehead atoms. The summed E-state index contributed by atoms with van der Waals surface area (Å²) >= 11 is 6.35. The van der Waals surface area contributed by atoms with Crippen molar-refractivity contribution in [2.75, 3.05) is 5.32 Å². The number of hydrogen-bond acceptors (Lipinski definition) is 2. The summed E-state index contributed by atoms with van der Waals surface area (Å²) in [6.45, 7) is 6.60. The molecule has 1 N–H and O–H groups in total. The highest BCUT2D eigenvalue weighted by Crippen LogP contribution is 2.26. The van der Waals surface area contributed by atoms with Crippen LogP contribution in [0.1, 0.15) is 52.0 Å². The Balaban J connectivity index is 2.02. The molecule has 0 saturated heterocycles. The van der Waals surface area contributed by atoms with Crippen molar-refractivity contribution in [2.24, 2.45) is 0 Å². The van der Waals surface area contributed by atoms with E-state index in [1.165, 1.54) is 18.4 Å². The Bertz CT molecular complexity index is 380. The molecule has 0 spiro atoms. The van der Waals surface area contributed by atoms with E-state index in [1.54, 1.807) is 0 Å². The van der Waals surface area contributed by atoms with E-state index in [4.69, 9.17) is 11.6 Å². The number of aromatic nitrogens is 1. The van der Waals surface area contributed by atoms with Crippen LogP contribution in [0.3, 0.4) is 0 Å². The summed E-state index contributed by atoms with van der Waals surface area (Å²) in [6.07, 6.45) is 6.74. The minimum Gasteiger partial charge on any atom is -0.366 e. The van der Waals surface area contributed by atoms with Crippen LogP contribution in [0, 0.1) is 0 Å². The van der Waals surface area contributed by atoms with Crippen LogP contribution >= 0.6 is 11.6 Å². The summed E-state index contributed by atoms with van der Waals surface area (Å²) in [5, 5.41) is 3.70. The third kappa shape index (κ3) is 3.38. The lowest BCUT2D eigenvalue weighted by Gasteiger charge is -2.28. The zero-order valence-corrected chi connectivity index (χ0v) is 12.3. The number of anilines is 1. The number of nitrogens with one attached hydrogen (secondary N) is 1. The van der Waals surface area contributed by atoms with Gasteiger partial charge in [0.05, 0.1) is 5.38 Å². The third-order valence-corrected chi connectivity index (χ3v) is 4.17. The molecule has 1 heterocycles. The fourth-order valence-corrected chi connectivity index (χ4v) is 2.70. The molecule has 1 aliphatic carbocycles. The molecule has 0 radical (unpaired) electrons. The highest BCUT2D eigenvalue weighted by Gasteiger charge is 2.23. The molecule has 18 heavy (non-hydrogen) atoms. The maximum atomic E-state index is 6.35. The number of alkyl halides is 1. The molecular formula is C15H23ClN2. The molecule has 1 aliphatic rings. The third-order valence-electron chi connectivity index (χ3n) is 3.64. The summed E-state index contributed by atoms with van der Waals surface area (Å²) in [4.78, 5) is 4.50. The Hall–Kier alpha value is -0.760. The van der Waals surface area contributed by atoms with Gasteiger partial charge in [0.25, 0.3) is 0 Å². The Morgan fingerprint density at radius 2 is 1.94 bits per heavy atom. The molecule has 2 rings (SSSR count). The summed E-state index contributed by atoms with van der Waals surface area (Å²) in [7, 11) is 0. The average molecular weight is 267 g/mol. The van der Waals surface area contributed by atoms with Crippen molar-refractivity contribution in [2.45, 2.75) is 63.3 Å². The molecule has 1 aromatic rings. The molecule has 0 amide bonds. The lowest BCUT2D eigenvalue weighted by Crippen LogP contribution is -2.33. The van der Waals surface area contributed by atoms with Gasteiger partial charge in [-0.2, -0.15) is 0 Å². The Morgan fingerprint density at radius 1 is 1.22 bits per heavy atom. The first kappa shape index (κ1) is 13.7. The van der Waals surface area contributed by atoms with E-state index in [9.17, 15) is 0 Å². The Morgan fingerprint density at radius 3 is 2.50 bits per heavy atom. The topological polar surface area (TPSA) is 24.9 Å².